The van der Waals surface area contributed by atoms with Crippen LogP contribution in [0.3, 0.4) is 0 Å². The van der Waals surface area contributed by atoms with Crippen molar-refractivity contribution in [3.05, 3.63) is 71.6 Å². The smallest absolute Gasteiger partial charge is 0.251 e. The number of anilines is 1. The number of hydrogen-bond acceptors (Lipinski definition) is 2. The second kappa shape index (κ2) is 8.43. The van der Waals surface area contributed by atoms with Crippen molar-refractivity contribution in [2.45, 2.75) is 31.7 Å². The average Bonchev–Trinajstić information content (AvgIpc) is 3.15. The Morgan fingerprint density at radius 2 is 1.62 bits per heavy atom. The molecule has 0 spiro atoms. The van der Waals surface area contributed by atoms with Gasteiger partial charge in [0.05, 0.1) is 0 Å². The Kier molecular flexibility index (Phi) is 5.79. The lowest BCUT2D eigenvalue weighted by Gasteiger charge is -2.12. The lowest BCUT2D eigenvalue weighted by molar-refractivity contribution is -0.111. The Hall–Kier alpha value is -2.95. The molecule has 2 aromatic carbocycles. The molecule has 1 saturated carbocycles. The van der Waals surface area contributed by atoms with Crippen LogP contribution in [0.2, 0.25) is 0 Å². The number of carbonyl (C=O) groups is 2. The predicted octanol–water partition coefficient (Wildman–Crippen LogP) is 4.15. The average molecular weight is 352 g/mol. The van der Waals surface area contributed by atoms with E-state index in [1.165, 1.54) is 31.1 Å². The molecule has 0 bridgehead atoms. The quantitative estimate of drug-likeness (QED) is 0.794. The second-order valence-electron chi connectivity index (χ2n) is 6.41. The summed E-state index contributed by atoms with van der Waals surface area (Å²) in [5.74, 6) is -0.688. The maximum absolute atomic E-state index is 12.8. The summed E-state index contributed by atoms with van der Waals surface area (Å²) >= 11 is 0. The molecule has 1 fully saturated rings. The van der Waals surface area contributed by atoms with Crippen LogP contribution in [-0.4, -0.2) is 17.9 Å². The van der Waals surface area contributed by atoms with Gasteiger partial charge in [0.1, 0.15) is 5.82 Å². The van der Waals surface area contributed by atoms with E-state index >= 15 is 0 Å². The van der Waals surface area contributed by atoms with Crippen LogP contribution in [-0.2, 0) is 4.79 Å². The van der Waals surface area contributed by atoms with Crippen LogP contribution in [0, 0.1) is 5.82 Å². The van der Waals surface area contributed by atoms with Gasteiger partial charge in [0.2, 0.25) is 5.91 Å². The minimum absolute atomic E-state index is 0.0778. The van der Waals surface area contributed by atoms with Gasteiger partial charge in [-0.2, -0.15) is 0 Å². The Bertz CT molecular complexity index is 792. The molecule has 2 amide bonds. The molecule has 1 aliphatic rings. The third-order valence-electron chi connectivity index (χ3n) is 4.40. The first-order valence-corrected chi connectivity index (χ1v) is 8.76. The van der Waals surface area contributed by atoms with Gasteiger partial charge in [0, 0.05) is 23.4 Å². The second-order valence-corrected chi connectivity index (χ2v) is 6.41. The Morgan fingerprint density at radius 3 is 2.27 bits per heavy atom. The molecule has 1 aliphatic carbocycles. The number of halogens is 1. The lowest BCUT2D eigenvalue weighted by Crippen LogP contribution is -2.32. The number of rotatable bonds is 5. The third-order valence-corrected chi connectivity index (χ3v) is 4.40. The van der Waals surface area contributed by atoms with Crippen molar-refractivity contribution in [3.8, 4) is 0 Å². The topological polar surface area (TPSA) is 58.2 Å². The van der Waals surface area contributed by atoms with E-state index < -0.39 is 0 Å². The standard InChI is InChI=1S/C21H21FN2O2/c22-17-10-5-15(6-11-17)7-14-20(25)23-19-12-8-16(9-13-19)21(26)24-18-3-1-2-4-18/h5-14,18H,1-4H2,(H,23,25)(H,24,26). The number of amides is 2. The molecule has 134 valence electrons. The summed E-state index contributed by atoms with van der Waals surface area (Å²) in [6.07, 6.45) is 7.41. The van der Waals surface area contributed by atoms with Crippen molar-refractivity contribution in [1.29, 1.82) is 0 Å². The molecule has 2 N–H and O–H groups in total. The molecule has 0 unspecified atom stereocenters. The summed E-state index contributed by atoms with van der Waals surface area (Å²) in [7, 11) is 0. The summed E-state index contributed by atoms with van der Waals surface area (Å²) in [5, 5.41) is 5.76. The van der Waals surface area contributed by atoms with Crippen LogP contribution in [0.4, 0.5) is 10.1 Å². The molecule has 5 heteroatoms. The van der Waals surface area contributed by atoms with E-state index in [1.807, 2.05) is 0 Å². The summed E-state index contributed by atoms with van der Waals surface area (Å²) < 4.78 is 12.8. The third kappa shape index (κ3) is 5.02. The number of nitrogens with one attached hydrogen (secondary N) is 2. The number of benzene rings is 2. The molecule has 2 aromatic rings. The summed E-state index contributed by atoms with van der Waals surface area (Å²) in [6.45, 7) is 0. The van der Waals surface area contributed by atoms with Crippen LogP contribution in [0.1, 0.15) is 41.6 Å². The zero-order valence-electron chi connectivity index (χ0n) is 14.4. The highest BCUT2D eigenvalue weighted by atomic mass is 19.1. The van der Waals surface area contributed by atoms with Crippen molar-refractivity contribution < 1.29 is 14.0 Å². The molecule has 0 saturated heterocycles. The van der Waals surface area contributed by atoms with E-state index in [0.29, 0.717) is 11.3 Å². The summed E-state index contributed by atoms with van der Waals surface area (Å²) in [6, 6.07) is 12.9. The van der Waals surface area contributed by atoms with E-state index in [9.17, 15) is 14.0 Å². The molecule has 0 radical (unpaired) electrons. The maximum Gasteiger partial charge on any atom is 0.251 e. The molecule has 0 atom stereocenters. The van der Waals surface area contributed by atoms with Gasteiger partial charge in [-0.3, -0.25) is 9.59 Å². The highest BCUT2D eigenvalue weighted by molar-refractivity contribution is 6.02. The van der Waals surface area contributed by atoms with Gasteiger partial charge in [-0.15, -0.1) is 0 Å². The molecule has 0 aliphatic heterocycles. The molecule has 26 heavy (non-hydrogen) atoms. The summed E-state index contributed by atoms with van der Waals surface area (Å²) in [4.78, 5) is 24.1. The molecular formula is C21H21FN2O2. The first-order valence-electron chi connectivity index (χ1n) is 8.76. The molecule has 4 nitrogen and oxygen atoms in total. The van der Waals surface area contributed by atoms with Crippen molar-refractivity contribution in [2.75, 3.05) is 5.32 Å². The molecular weight excluding hydrogens is 331 g/mol. The fraction of sp³-hybridized carbons (Fsp3) is 0.238. The summed E-state index contributed by atoms with van der Waals surface area (Å²) in [5.41, 5.74) is 1.92. The zero-order chi connectivity index (χ0) is 18.4. The lowest BCUT2D eigenvalue weighted by atomic mass is 10.1. The van der Waals surface area contributed by atoms with Gasteiger partial charge >= 0.3 is 0 Å². The van der Waals surface area contributed by atoms with Crippen LogP contribution in [0.25, 0.3) is 6.08 Å². The van der Waals surface area contributed by atoms with Gasteiger partial charge in [-0.05, 0) is 60.9 Å². The highest BCUT2D eigenvalue weighted by Gasteiger charge is 2.17. The van der Waals surface area contributed by atoms with Crippen LogP contribution in [0.15, 0.2) is 54.6 Å². The van der Waals surface area contributed by atoms with E-state index in [4.69, 9.17) is 0 Å². The van der Waals surface area contributed by atoms with Gasteiger partial charge < -0.3 is 10.6 Å². The van der Waals surface area contributed by atoms with Gasteiger partial charge in [-0.25, -0.2) is 4.39 Å². The van der Waals surface area contributed by atoms with Crippen LogP contribution >= 0.6 is 0 Å². The van der Waals surface area contributed by atoms with Crippen LogP contribution < -0.4 is 10.6 Å². The minimum Gasteiger partial charge on any atom is -0.349 e. The van der Waals surface area contributed by atoms with E-state index in [2.05, 4.69) is 10.6 Å². The molecule has 0 aromatic heterocycles. The normalized spacial score (nSPS) is 14.5. The Balaban J connectivity index is 1.53. The first kappa shape index (κ1) is 17.9. The van der Waals surface area contributed by atoms with Crippen LogP contribution in [0.5, 0.6) is 0 Å². The van der Waals surface area contributed by atoms with Crippen molar-refractivity contribution in [2.24, 2.45) is 0 Å². The first-order chi connectivity index (χ1) is 12.6. The van der Waals surface area contributed by atoms with Crippen molar-refractivity contribution in [1.82, 2.24) is 5.32 Å². The van der Waals surface area contributed by atoms with Crippen molar-refractivity contribution >= 4 is 23.6 Å². The Labute approximate surface area is 152 Å². The number of carbonyl (C=O) groups excluding carboxylic acids is 2. The predicted molar refractivity (Wildman–Crippen MR) is 100 cm³/mol. The van der Waals surface area contributed by atoms with Crippen molar-refractivity contribution in [3.63, 3.8) is 0 Å². The van der Waals surface area contributed by atoms with E-state index in [0.717, 1.165) is 18.4 Å². The van der Waals surface area contributed by atoms with Gasteiger partial charge in [0.25, 0.3) is 5.91 Å². The molecule has 3 rings (SSSR count). The Morgan fingerprint density at radius 1 is 0.962 bits per heavy atom. The van der Waals surface area contributed by atoms with Gasteiger partial charge in [-0.1, -0.05) is 25.0 Å². The largest absolute Gasteiger partial charge is 0.349 e. The SMILES string of the molecule is O=C(C=Cc1ccc(F)cc1)Nc1ccc(C(=O)NC2CCCC2)cc1. The minimum atomic E-state index is -0.316. The van der Waals surface area contributed by atoms with E-state index in [-0.39, 0.29) is 23.7 Å². The van der Waals surface area contributed by atoms with E-state index in [1.54, 1.807) is 42.5 Å². The zero-order valence-corrected chi connectivity index (χ0v) is 14.4. The fourth-order valence-electron chi connectivity index (χ4n) is 2.97. The number of hydrogen-bond donors (Lipinski definition) is 2. The molecule has 0 heterocycles. The highest BCUT2D eigenvalue weighted by Crippen LogP contribution is 2.18. The monoisotopic (exact) mass is 352 g/mol. The maximum atomic E-state index is 12.8. The van der Waals surface area contributed by atoms with Gasteiger partial charge in [0.15, 0.2) is 0 Å². The fourth-order valence-corrected chi connectivity index (χ4v) is 2.97.